The van der Waals surface area contributed by atoms with Crippen LogP contribution in [0.15, 0.2) is 30.3 Å². The van der Waals surface area contributed by atoms with Crippen LogP contribution in [0.1, 0.15) is 10.9 Å². The summed E-state index contributed by atoms with van der Waals surface area (Å²) in [4.78, 5) is 25.3. The third-order valence-corrected chi connectivity index (χ3v) is 4.41. The highest BCUT2D eigenvalue weighted by Gasteiger charge is 2.44. The molecule has 0 unspecified atom stereocenters. The summed E-state index contributed by atoms with van der Waals surface area (Å²) >= 11 is 1.65. The van der Waals surface area contributed by atoms with Crippen LogP contribution in [0, 0.1) is 0 Å². The van der Waals surface area contributed by atoms with Crippen LogP contribution in [-0.2, 0) is 9.59 Å². The molecule has 0 saturated carbocycles. The standard InChI is InChI=1S/C12H12N2O2S/c15-10-6-13-11(16)9-7-17-12(14(9)10)8-4-2-1-3-5-8/h1-5,9,12H,6-7H2,(H,13,16)/t9-,12+/m0/s1. The predicted molar refractivity (Wildman–Crippen MR) is 65.3 cm³/mol. The molecule has 3 rings (SSSR count). The van der Waals surface area contributed by atoms with Gasteiger partial charge in [-0.05, 0) is 5.56 Å². The van der Waals surface area contributed by atoms with Crippen LogP contribution < -0.4 is 5.32 Å². The highest BCUT2D eigenvalue weighted by Crippen LogP contribution is 2.41. The van der Waals surface area contributed by atoms with E-state index in [1.807, 2.05) is 30.3 Å². The number of fused-ring (bicyclic) bond motifs is 1. The van der Waals surface area contributed by atoms with Crippen molar-refractivity contribution in [1.82, 2.24) is 10.2 Å². The molecule has 0 aromatic heterocycles. The first-order valence-electron chi connectivity index (χ1n) is 5.53. The van der Waals surface area contributed by atoms with Crippen molar-refractivity contribution < 1.29 is 9.59 Å². The Labute approximate surface area is 103 Å². The van der Waals surface area contributed by atoms with E-state index in [-0.39, 0.29) is 29.8 Å². The average molecular weight is 248 g/mol. The molecular weight excluding hydrogens is 236 g/mol. The van der Waals surface area contributed by atoms with Crippen LogP contribution in [0.25, 0.3) is 0 Å². The highest BCUT2D eigenvalue weighted by atomic mass is 32.2. The van der Waals surface area contributed by atoms with Gasteiger partial charge in [-0.2, -0.15) is 0 Å². The van der Waals surface area contributed by atoms with E-state index >= 15 is 0 Å². The third-order valence-electron chi connectivity index (χ3n) is 3.09. The van der Waals surface area contributed by atoms with Gasteiger partial charge < -0.3 is 10.2 Å². The Bertz CT molecular complexity index is 463. The predicted octanol–water partition coefficient (Wildman–Crippen LogP) is 0.759. The van der Waals surface area contributed by atoms with E-state index in [0.29, 0.717) is 5.75 Å². The second-order valence-electron chi connectivity index (χ2n) is 4.13. The lowest BCUT2D eigenvalue weighted by Crippen LogP contribution is -2.56. The van der Waals surface area contributed by atoms with Gasteiger partial charge in [0.15, 0.2) is 0 Å². The number of nitrogens with one attached hydrogen (secondary N) is 1. The summed E-state index contributed by atoms with van der Waals surface area (Å²) < 4.78 is 0. The molecule has 2 heterocycles. The van der Waals surface area contributed by atoms with Gasteiger partial charge in [-0.1, -0.05) is 30.3 Å². The first kappa shape index (κ1) is 10.7. The molecule has 2 aliphatic rings. The maximum absolute atomic E-state index is 11.9. The van der Waals surface area contributed by atoms with E-state index in [9.17, 15) is 9.59 Å². The molecule has 88 valence electrons. The van der Waals surface area contributed by atoms with Crippen LogP contribution in [0.3, 0.4) is 0 Å². The lowest BCUT2D eigenvalue weighted by Gasteiger charge is -2.32. The average Bonchev–Trinajstić information content (AvgIpc) is 2.81. The summed E-state index contributed by atoms with van der Waals surface area (Å²) in [6, 6.07) is 9.56. The topological polar surface area (TPSA) is 49.4 Å². The molecule has 17 heavy (non-hydrogen) atoms. The molecule has 0 radical (unpaired) electrons. The van der Waals surface area contributed by atoms with E-state index in [4.69, 9.17) is 0 Å². The summed E-state index contributed by atoms with van der Waals surface area (Å²) in [5.41, 5.74) is 1.09. The number of hydrogen-bond acceptors (Lipinski definition) is 3. The molecule has 0 aliphatic carbocycles. The smallest absolute Gasteiger partial charge is 0.244 e. The molecule has 0 bridgehead atoms. The van der Waals surface area contributed by atoms with Crippen molar-refractivity contribution in [1.29, 1.82) is 0 Å². The van der Waals surface area contributed by atoms with Gasteiger partial charge in [0, 0.05) is 5.75 Å². The lowest BCUT2D eigenvalue weighted by molar-refractivity contribution is -0.144. The van der Waals surface area contributed by atoms with Crippen molar-refractivity contribution in [3.8, 4) is 0 Å². The minimum absolute atomic E-state index is 0.00783. The number of amides is 2. The van der Waals surface area contributed by atoms with Crippen LogP contribution in [0.2, 0.25) is 0 Å². The van der Waals surface area contributed by atoms with Crippen LogP contribution >= 0.6 is 11.8 Å². The van der Waals surface area contributed by atoms with Gasteiger partial charge in [0.05, 0.1) is 6.54 Å². The molecule has 1 aromatic rings. The van der Waals surface area contributed by atoms with Crippen LogP contribution in [0.5, 0.6) is 0 Å². The van der Waals surface area contributed by atoms with Gasteiger partial charge in [0.1, 0.15) is 11.4 Å². The largest absolute Gasteiger partial charge is 0.345 e. The van der Waals surface area contributed by atoms with Gasteiger partial charge in [-0.15, -0.1) is 11.8 Å². The van der Waals surface area contributed by atoms with Gasteiger partial charge in [-0.3, -0.25) is 9.59 Å². The summed E-state index contributed by atoms with van der Waals surface area (Å²) in [5.74, 6) is 0.654. The number of thioether (sulfide) groups is 1. The number of hydrogen-bond donors (Lipinski definition) is 1. The molecule has 2 aliphatic heterocycles. The summed E-state index contributed by atoms with van der Waals surface area (Å²) in [5, 5.41) is 2.62. The first-order chi connectivity index (χ1) is 8.27. The molecule has 2 amide bonds. The number of rotatable bonds is 1. The van der Waals surface area contributed by atoms with E-state index in [1.165, 1.54) is 0 Å². The second-order valence-corrected chi connectivity index (χ2v) is 5.24. The van der Waals surface area contributed by atoms with Gasteiger partial charge in [0.2, 0.25) is 11.8 Å². The summed E-state index contributed by atoms with van der Waals surface area (Å²) in [6.07, 6.45) is 0. The zero-order valence-corrected chi connectivity index (χ0v) is 9.94. The van der Waals surface area contributed by atoms with Gasteiger partial charge in [0.25, 0.3) is 0 Å². The summed E-state index contributed by atoms with van der Waals surface area (Å²) in [6.45, 7) is 0.124. The lowest BCUT2D eigenvalue weighted by atomic mass is 10.1. The number of carbonyl (C=O) groups excluding carboxylic acids is 2. The minimum Gasteiger partial charge on any atom is -0.345 e. The fraction of sp³-hybridized carbons (Fsp3) is 0.333. The van der Waals surface area contributed by atoms with Crippen LogP contribution in [0.4, 0.5) is 0 Å². The highest BCUT2D eigenvalue weighted by molar-refractivity contribution is 7.99. The molecular formula is C12H12N2O2S. The quantitative estimate of drug-likeness (QED) is 0.798. The number of nitrogens with zero attached hydrogens (tertiary/aromatic N) is 1. The Morgan fingerprint density at radius 2 is 2.00 bits per heavy atom. The molecule has 2 atom stereocenters. The minimum atomic E-state index is -0.300. The van der Waals surface area contributed by atoms with E-state index in [1.54, 1.807) is 16.7 Å². The fourth-order valence-corrected chi connectivity index (χ4v) is 3.71. The maximum Gasteiger partial charge on any atom is 0.244 e. The van der Waals surface area contributed by atoms with Crippen molar-refractivity contribution in [2.24, 2.45) is 0 Å². The van der Waals surface area contributed by atoms with E-state index in [0.717, 1.165) is 5.56 Å². The van der Waals surface area contributed by atoms with E-state index < -0.39 is 0 Å². The number of piperazine rings is 1. The Morgan fingerprint density at radius 1 is 1.24 bits per heavy atom. The Hall–Kier alpha value is -1.49. The number of carbonyl (C=O) groups is 2. The van der Waals surface area contributed by atoms with Crippen molar-refractivity contribution >= 4 is 23.6 Å². The maximum atomic E-state index is 11.9. The molecule has 2 fully saturated rings. The molecule has 5 heteroatoms. The molecule has 2 saturated heterocycles. The first-order valence-corrected chi connectivity index (χ1v) is 6.57. The zero-order chi connectivity index (χ0) is 11.8. The monoisotopic (exact) mass is 248 g/mol. The van der Waals surface area contributed by atoms with E-state index in [2.05, 4.69) is 5.32 Å². The SMILES string of the molecule is O=C1NCC(=O)N2[C@@H](c3ccccc3)SC[C@@H]12. The fourth-order valence-electron chi connectivity index (χ4n) is 2.26. The Balaban J connectivity index is 1.93. The second kappa shape index (κ2) is 4.07. The van der Waals surface area contributed by atoms with Crippen molar-refractivity contribution in [2.75, 3.05) is 12.3 Å². The number of benzene rings is 1. The van der Waals surface area contributed by atoms with Crippen molar-refractivity contribution in [2.45, 2.75) is 11.4 Å². The zero-order valence-electron chi connectivity index (χ0n) is 9.13. The Morgan fingerprint density at radius 3 is 2.76 bits per heavy atom. The normalized spacial score (nSPS) is 27.9. The third kappa shape index (κ3) is 1.70. The molecule has 1 aromatic carbocycles. The van der Waals surface area contributed by atoms with Gasteiger partial charge in [-0.25, -0.2) is 0 Å². The Kier molecular flexibility index (Phi) is 2.55. The van der Waals surface area contributed by atoms with Crippen molar-refractivity contribution in [3.05, 3.63) is 35.9 Å². The summed E-state index contributed by atoms with van der Waals surface area (Å²) in [7, 11) is 0. The van der Waals surface area contributed by atoms with Crippen LogP contribution in [-0.4, -0.2) is 35.1 Å². The molecule has 0 spiro atoms. The van der Waals surface area contributed by atoms with Crippen molar-refractivity contribution in [3.63, 3.8) is 0 Å². The molecule has 1 N–H and O–H groups in total. The molecule has 4 nitrogen and oxygen atoms in total. The van der Waals surface area contributed by atoms with Gasteiger partial charge >= 0.3 is 0 Å².